The third-order valence-electron chi connectivity index (χ3n) is 5.66. The minimum Gasteiger partial charge on any atom is -0.497 e. The second-order valence-corrected chi connectivity index (χ2v) is 8.89. The molecule has 2 aliphatic heterocycles. The van der Waals surface area contributed by atoms with E-state index in [1.165, 1.54) is 0 Å². The first-order valence-corrected chi connectivity index (χ1v) is 11.7. The van der Waals surface area contributed by atoms with Gasteiger partial charge in [0, 0.05) is 37.6 Å². The standard InChI is InChI=1S/C24H28N4O3S/c1-4-32-22-21(17-8-6-5-7-9-17)26-24(27-22)12-14-28(15-13-24)23(29)25-19-16-18(30-2)10-11-20(19)31-3/h5-11,16H,4,12-15H2,1-3H3,(H,25,29). The van der Waals surface area contributed by atoms with E-state index >= 15 is 0 Å². The largest absolute Gasteiger partial charge is 0.497 e. The first-order chi connectivity index (χ1) is 15.6. The molecule has 0 radical (unpaired) electrons. The van der Waals surface area contributed by atoms with Gasteiger partial charge in [-0.25, -0.2) is 9.79 Å². The molecule has 2 aromatic carbocycles. The van der Waals surface area contributed by atoms with E-state index in [1.807, 2.05) is 23.1 Å². The van der Waals surface area contributed by atoms with Crippen LogP contribution in [-0.2, 0) is 0 Å². The van der Waals surface area contributed by atoms with Crippen LogP contribution < -0.4 is 14.8 Å². The van der Waals surface area contributed by atoms with Crippen molar-refractivity contribution in [1.82, 2.24) is 4.90 Å². The highest BCUT2D eigenvalue weighted by atomic mass is 32.2. The van der Waals surface area contributed by atoms with E-state index in [0.29, 0.717) is 43.1 Å². The van der Waals surface area contributed by atoms with Gasteiger partial charge in [0.05, 0.1) is 25.6 Å². The van der Waals surface area contributed by atoms with Gasteiger partial charge >= 0.3 is 6.03 Å². The van der Waals surface area contributed by atoms with Gasteiger partial charge in [-0.05, 0) is 17.9 Å². The molecular formula is C24H28N4O3S. The average molecular weight is 453 g/mol. The van der Waals surface area contributed by atoms with Crippen molar-refractivity contribution in [2.45, 2.75) is 25.4 Å². The van der Waals surface area contributed by atoms with Crippen molar-refractivity contribution < 1.29 is 14.3 Å². The molecule has 1 saturated heterocycles. The van der Waals surface area contributed by atoms with Gasteiger partial charge in [0.25, 0.3) is 0 Å². The number of carbonyl (C=O) groups excluding carboxylic acids is 1. The Kier molecular flexibility index (Phi) is 6.69. The van der Waals surface area contributed by atoms with Crippen molar-refractivity contribution in [3.8, 4) is 11.5 Å². The molecule has 0 unspecified atom stereocenters. The molecule has 4 rings (SSSR count). The normalized spacial score (nSPS) is 17.0. The summed E-state index contributed by atoms with van der Waals surface area (Å²) in [4.78, 5) is 24.9. The van der Waals surface area contributed by atoms with Crippen LogP contribution in [-0.4, -0.2) is 60.4 Å². The van der Waals surface area contributed by atoms with Gasteiger partial charge in [-0.15, -0.1) is 11.8 Å². The van der Waals surface area contributed by atoms with E-state index in [0.717, 1.165) is 22.1 Å². The Morgan fingerprint density at radius 2 is 1.84 bits per heavy atom. The lowest BCUT2D eigenvalue weighted by molar-refractivity contribution is 0.175. The van der Waals surface area contributed by atoms with Crippen LogP contribution in [0.2, 0.25) is 0 Å². The van der Waals surface area contributed by atoms with Crippen LogP contribution in [0.5, 0.6) is 11.5 Å². The molecule has 0 aliphatic carbocycles. The molecule has 32 heavy (non-hydrogen) atoms. The number of likely N-dealkylation sites (tertiary alicyclic amines) is 1. The monoisotopic (exact) mass is 452 g/mol. The van der Waals surface area contributed by atoms with Crippen molar-refractivity contribution in [2.75, 3.05) is 38.4 Å². The van der Waals surface area contributed by atoms with Crippen molar-refractivity contribution in [1.29, 1.82) is 0 Å². The van der Waals surface area contributed by atoms with Gasteiger partial charge in [-0.2, -0.15) is 0 Å². The summed E-state index contributed by atoms with van der Waals surface area (Å²) in [5.41, 5.74) is 2.17. The highest BCUT2D eigenvalue weighted by molar-refractivity contribution is 8.15. The molecule has 2 aromatic rings. The minimum absolute atomic E-state index is 0.163. The number of nitrogens with zero attached hydrogens (tertiary/aromatic N) is 3. The maximum atomic E-state index is 12.9. The molecule has 1 N–H and O–H groups in total. The van der Waals surface area contributed by atoms with Gasteiger partial charge in [-0.1, -0.05) is 37.3 Å². The number of amides is 2. The molecule has 168 valence electrons. The van der Waals surface area contributed by atoms with Gasteiger partial charge in [0.2, 0.25) is 0 Å². The SMILES string of the molecule is CCSC1=NC2(CCN(C(=O)Nc3cc(OC)ccc3OC)CC2)N=C1c1ccccc1. The lowest BCUT2D eigenvalue weighted by Gasteiger charge is -2.35. The molecule has 2 aliphatic rings. The van der Waals surface area contributed by atoms with Crippen molar-refractivity contribution >= 4 is 34.2 Å². The summed E-state index contributed by atoms with van der Waals surface area (Å²) in [5, 5.41) is 3.95. The number of nitrogens with one attached hydrogen (secondary N) is 1. The molecule has 0 atom stereocenters. The third-order valence-corrected chi connectivity index (χ3v) is 6.51. The lowest BCUT2D eigenvalue weighted by Crippen LogP contribution is -2.46. The molecule has 2 amide bonds. The van der Waals surface area contributed by atoms with E-state index in [4.69, 9.17) is 19.5 Å². The zero-order valence-electron chi connectivity index (χ0n) is 18.6. The summed E-state index contributed by atoms with van der Waals surface area (Å²) in [6.07, 6.45) is 1.39. The van der Waals surface area contributed by atoms with Gasteiger partial charge in [0.15, 0.2) is 5.66 Å². The molecule has 0 saturated carbocycles. The predicted octanol–water partition coefficient (Wildman–Crippen LogP) is 4.68. The topological polar surface area (TPSA) is 75.5 Å². The lowest BCUT2D eigenvalue weighted by atomic mass is 9.98. The van der Waals surface area contributed by atoms with E-state index in [-0.39, 0.29) is 6.03 Å². The number of aliphatic imine (C=N–C) groups is 2. The van der Waals surface area contributed by atoms with Crippen LogP contribution in [0.15, 0.2) is 58.5 Å². The fraction of sp³-hybridized carbons (Fsp3) is 0.375. The number of anilines is 1. The van der Waals surface area contributed by atoms with Gasteiger partial charge in [-0.3, -0.25) is 4.99 Å². The molecular weight excluding hydrogens is 424 g/mol. The summed E-state index contributed by atoms with van der Waals surface area (Å²) in [5.74, 6) is 2.19. The summed E-state index contributed by atoms with van der Waals surface area (Å²) in [7, 11) is 3.17. The summed E-state index contributed by atoms with van der Waals surface area (Å²) >= 11 is 1.73. The Hall–Kier alpha value is -3.00. The van der Waals surface area contributed by atoms with Crippen molar-refractivity contribution in [3.63, 3.8) is 0 Å². The first-order valence-electron chi connectivity index (χ1n) is 10.7. The van der Waals surface area contributed by atoms with Crippen molar-refractivity contribution in [3.05, 3.63) is 54.1 Å². The third kappa shape index (κ3) is 4.60. The van der Waals surface area contributed by atoms with Crippen LogP contribution in [0.3, 0.4) is 0 Å². The van der Waals surface area contributed by atoms with Crippen LogP contribution in [0.25, 0.3) is 0 Å². The quantitative estimate of drug-likeness (QED) is 0.715. The molecule has 0 aromatic heterocycles. The van der Waals surface area contributed by atoms with Crippen LogP contribution in [0.4, 0.5) is 10.5 Å². The zero-order valence-corrected chi connectivity index (χ0v) is 19.4. The summed E-state index contributed by atoms with van der Waals surface area (Å²) in [6.45, 7) is 3.29. The number of urea groups is 1. The predicted molar refractivity (Wildman–Crippen MR) is 131 cm³/mol. The number of thioether (sulfide) groups is 1. The average Bonchev–Trinajstić information content (AvgIpc) is 3.17. The maximum absolute atomic E-state index is 12.9. The number of ether oxygens (including phenoxy) is 2. The van der Waals surface area contributed by atoms with Crippen LogP contribution >= 0.6 is 11.8 Å². The number of methoxy groups -OCH3 is 2. The first kappa shape index (κ1) is 22.2. The number of carbonyl (C=O) groups is 1. The van der Waals surface area contributed by atoms with Gasteiger partial charge in [0.1, 0.15) is 16.5 Å². The number of hydrogen-bond acceptors (Lipinski definition) is 6. The van der Waals surface area contributed by atoms with E-state index in [9.17, 15) is 4.79 Å². The number of piperidine rings is 1. The smallest absolute Gasteiger partial charge is 0.321 e. The van der Waals surface area contributed by atoms with Crippen LogP contribution in [0, 0.1) is 0 Å². The summed E-state index contributed by atoms with van der Waals surface area (Å²) in [6, 6.07) is 15.4. The Morgan fingerprint density at radius 3 is 2.50 bits per heavy atom. The summed E-state index contributed by atoms with van der Waals surface area (Å²) < 4.78 is 10.6. The highest BCUT2D eigenvalue weighted by Crippen LogP contribution is 2.36. The minimum atomic E-state index is -0.479. The van der Waals surface area contributed by atoms with Crippen LogP contribution in [0.1, 0.15) is 25.3 Å². The second kappa shape index (κ2) is 9.65. The Morgan fingerprint density at radius 1 is 1.09 bits per heavy atom. The zero-order chi connectivity index (χ0) is 22.6. The fourth-order valence-electron chi connectivity index (χ4n) is 3.94. The second-order valence-electron chi connectivity index (χ2n) is 7.64. The Bertz CT molecular complexity index is 1030. The van der Waals surface area contributed by atoms with Crippen molar-refractivity contribution in [2.24, 2.45) is 9.98 Å². The number of hydrogen-bond donors (Lipinski definition) is 1. The molecule has 7 nitrogen and oxygen atoms in total. The molecule has 1 spiro atoms. The fourth-order valence-corrected chi connectivity index (χ4v) is 4.75. The van der Waals surface area contributed by atoms with E-state index in [1.54, 1.807) is 44.2 Å². The molecule has 8 heteroatoms. The Balaban J connectivity index is 1.47. The van der Waals surface area contributed by atoms with E-state index < -0.39 is 5.66 Å². The Labute approximate surface area is 192 Å². The molecule has 0 bridgehead atoms. The van der Waals surface area contributed by atoms with E-state index in [2.05, 4.69) is 24.4 Å². The molecule has 2 heterocycles. The van der Waals surface area contributed by atoms with Gasteiger partial charge < -0.3 is 19.7 Å². The maximum Gasteiger partial charge on any atom is 0.321 e. The highest BCUT2D eigenvalue weighted by Gasteiger charge is 2.40. The number of benzene rings is 2. The number of rotatable bonds is 5. The molecule has 1 fully saturated rings.